The highest BCUT2D eigenvalue weighted by molar-refractivity contribution is 7.80. The molecule has 0 aliphatic heterocycles. The summed E-state index contributed by atoms with van der Waals surface area (Å²) >= 11 is 4.88. The van der Waals surface area contributed by atoms with Crippen LogP contribution >= 0.6 is 12.2 Å². The Morgan fingerprint density at radius 3 is 2.33 bits per heavy atom. The zero-order valence-corrected chi connectivity index (χ0v) is 13.7. The maximum Gasteiger partial charge on any atom is 0.423 e. The Balaban J connectivity index is 2.06. The van der Waals surface area contributed by atoms with Gasteiger partial charge in [-0.2, -0.15) is 13.2 Å². The fourth-order valence-corrected chi connectivity index (χ4v) is 2.81. The maximum absolute atomic E-state index is 13.0. The molecule has 2 rings (SSSR count). The lowest BCUT2D eigenvalue weighted by molar-refractivity contribution is -0.388. The monoisotopic (exact) mass is 363 g/mol. The number of nitro benzene ring substituents is 1. The number of nitro groups is 1. The molecule has 0 saturated heterocycles. The summed E-state index contributed by atoms with van der Waals surface area (Å²) in [7, 11) is 0. The summed E-state index contributed by atoms with van der Waals surface area (Å²) in [6.07, 6.45) is -2.45. The SMILES string of the molecule is CC(=S)OC1CCC(Oc2ccc([N+](=O)[O-])c(C(F)(F)F)c2)CC1. The van der Waals surface area contributed by atoms with E-state index in [9.17, 15) is 23.3 Å². The molecule has 0 unspecified atom stereocenters. The molecule has 1 saturated carbocycles. The Bertz CT molecular complexity index is 628. The highest BCUT2D eigenvalue weighted by Crippen LogP contribution is 2.38. The van der Waals surface area contributed by atoms with Crippen LogP contribution in [0, 0.1) is 10.1 Å². The van der Waals surface area contributed by atoms with E-state index in [2.05, 4.69) is 0 Å². The summed E-state index contributed by atoms with van der Waals surface area (Å²) in [5, 5.41) is 11.2. The van der Waals surface area contributed by atoms with E-state index in [1.165, 1.54) is 6.07 Å². The smallest absolute Gasteiger partial charge is 0.423 e. The number of benzene rings is 1. The number of ether oxygens (including phenoxy) is 2. The van der Waals surface area contributed by atoms with Crippen molar-refractivity contribution < 1.29 is 27.6 Å². The van der Waals surface area contributed by atoms with Crippen molar-refractivity contribution in [3.05, 3.63) is 33.9 Å². The topological polar surface area (TPSA) is 61.6 Å². The fraction of sp³-hybridized carbons (Fsp3) is 0.533. The number of hydrogen-bond donors (Lipinski definition) is 0. The molecule has 0 atom stereocenters. The third-order valence-corrected chi connectivity index (χ3v) is 3.82. The number of thiocarbonyl (C=S) groups is 1. The van der Waals surface area contributed by atoms with E-state index in [0.29, 0.717) is 36.8 Å². The summed E-state index contributed by atoms with van der Waals surface area (Å²) in [6, 6.07) is 2.70. The molecule has 24 heavy (non-hydrogen) atoms. The molecule has 0 heterocycles. The van der Waals surface area contributed by atoms with Crippen molar-refractivity contribution in [3.63, 3.8) is 0 Å². The maximum atomic E-state index is 13.0. The third-order valence-electron chi connectivity index (χ3n) is 3.73. The highest BCUT2D eigenvalue weighted by Gasteiger charge is 2.39. The Labute approximate surface area is 141 Å². The number of alkyl halides is 3. The quantitative estimate of drug-likeness (QED) is 0.442. The summed E-state index contributed by atoms with van der Waals surface area (Å²) in [6.45, 7) is 1.69. The molecule has 0 spiro atoms. The summed E-state index contributed by atoms with van der Waals surface area (Å²) in [5.74, 6) is -0.0247. The van der Waals surface area contributed by atoms with E-state index in [0.717, 1.165) is 6.07 Å². The second-order valence-electron chi connectivity index (χ2n) is 5.56. The number of halogens is 3. The number of hydrogen-bond acceptors (Lipinski definition) is 5. The molecule has 5 nitrogen and oxygen atoms in total. The number of rotatable bonds is 4. The molecular formula is C15H16F3NO4S. The lowest BCUT2D eigenvalue weighted by Crippen LogP contribution is -2.29. The van der Waals surface area contributed by atoms with Crippen molar-refractivity contribution in [1.29, 1.82) is 0 Å². The van der Waals surface area contributed by atoms with Gasteiger partial charge in [-0.3, -0.25) is 10.1 Å². The third kappa shape index (κ3) is 4.80. The second kappa shape index (κ2) is 7.33. The van der Waals surface area contributed by atoms with Crippen LogP contribution in [-0.4, -0.2) is 22.2 Å². The van der Waals surface area contributed by atoms with Gasteiger partial charge in [-0.05, 0) is 50.0 Å². The van der Waals surface area contributed by atoms with E-state index in [4.69, 9.17) is 21.7 Å². The van der Waals surface area contributed by atoms with Gasteiger partial charge in [0.2, 0.25) is 0 Å². The first-order valence-electron chi connectivity index (χ1n) is 7.36. The van der Waals surface area contributed by atoms with Crippen LogP contribution in [0.1, 0.15) is 38.2 Å². The average molecular weight is 363 g/mol. The summed E-state index contributed by atoms with van der Waals surface area (Å²) < 4.78 is 49.9. The molecule has 1 aliphatic carbocycles. The fourth-order valence-electron chi connectivity index (χ4n) is 2.67. The molecule has 0 amide bonds. The van der Waals surface area contributed by atoms with Crippen molar-refractivity contribution in [2.45, 2.75) is 51.0 Å². The first-order chi connectivity index (χ1) is 11.2. The lowest BCUT2D eigenvalue weighted by Gasteiger charge is -2.29. The molecule has 1 aromatic carbocycles. The summed E-state index contributed by atoms with van der Waals surface area (Å²) in [5.41, 5.74) is -2.29. The molecular weight excluding hydrogens is 347 g/mol. The minimum absolute atomic E-state index is 0.00458. The minimum Gasteiger partial charge on any atom is -0.490 e. The van der Waals surface area contributed by atoms with Gasteiger partial charge < -0.3 is 9.47 Å². The standard InChI is InChI=1S/C15H16F3NO4S/c1-9(24)22-10-2-4-11(5-3-10)23-12-6-7-14(19(20)21)13(8-12)15(16,17)18/h6-8,10-11H,2-5H2,1H3. The van der Waals surface area contributed by atoms with Crippen molar-refractivity contribution in [2.75, 3.05) is 0 Å². The van der Waals surface area contributed by atoms with Gasteiger partial charge in [0, 0.05) is 13.0 Å². The lowest BCUT2D eigenvalue weighted by atomic mass is 9.95. The van der Waals surface area contributed by atoms with Crippen LogP contribution in [0.4, 0.5) is 18.9 Å². The van der Waals surface area contributed by atoms with Gasteiger partial charge in [-0.1, -0.05) is 0 Å². The van der Waals surface area contributed by atoms with E-state index in [1.807, 2.05) is 0 Å². The van der Waals surface area contributed by atoms with Crippen LogP contribution < -0.4 is 4.74 Å². The van der Waals surface area contributed by atoms with Crippen LogP contribution in [0.25, 0.3) is 0 Å². The Morgan fingerprint density at radius 1 is 1.25 bits per heavy atom. The predicted octanol–water partition coefficient (Wildman–Crippen LogP) is 4.67. The largest absolute Gasteiger partial charge is 0.490 e. The van der Waals surface area contributed by atoms with E-state index < -0.39 is 22.4 Å². The van der Waals surface area contributed by atoms with Gasteiger partial charge in [0.05, 0.1) is 17.1 Å². The second-order valence-corrected chi connectivity index (χ2v) is 6.13. The minimum atomic E-state index is -4.82. The van der Waals surface area contributed by atoms with Gasteiger partial charge in [-0.25, -0.2) is 0 Å². The molecule has 0 N–H and O–H groups in total. The van der Waals surface area contributed by atoms with Crippen LogP contribution in [0.15, 0.2) is 18.2 Å². The van der Waals surface area contributed by atoms with Gasteiger partial charge in [-0.15, -0.1) is 0 Å². The van der Waals surface area contributed by atoms with Gasteiger partial charge in [0.15, 0.2) is 5.05 Å². The van der Waals surface area contributed by atoms with Crippen LogP contribution in [0.3, 0.4) is 0 Å². The molecule has 0 radical (unpaired) electrons. The molecule has 9 heteroatoms. The van der Waals surface area contributed by atoms with Crippen LogP contribution in [0.5, 0.6) is 5.75 Å². The number of nitrogens with zero attached hydrogens (tertiary/aromatic N) is 1. The average Bonchev–Trinajstić information content (AvgIpc) is 2.47. The molecule has 1 fully saturated rings. The van der Waals surface area contributed by atoms with E-state index in [1.54, 1.807) is 6.92 Å². The normalized spacial score (nSPS) is 21.2. The molecule has 1 aromatic rings. The first-order valence-corrected chi connectivity index (χ1v) is 7.77. The molecule has 0 aromatic heterocycles. The summed E-state index contributed by atoms with van der Waals surface area (Å²) in [4.78, 5) is 9.68. The van der Waals surface area contributed by atoms with E-state index >= 15 is 0 Å². The zero-order valence-electron chi connectivity index (χ0n) is 12.8. The van der Waals surface area contributed by atoms with Gasteiger partial charge >= 0.3 is 6.18 Å². The van der Waals surface area contributed by atoms with E-state index in [-0.39, 0.29) is 18.0 Å². The van der Waals surface area contributed by atoms with Crippen molar-refractivity contribution in [2.24, 2.45) is 0 Å². The Kier molecular flexibility index (Phi) is 5.63. The molecule has 0 bridgehead atoms. The predicted molar refractivity (Wildman–Crippen MR) is 84.1 cm³/mol. The zero-order chi connectivity index (χ0) is 17.9. The van der Waals surface area contributed by atoms with Crippen molar-refractivity contribution >= 4 is 23.0 Å². The molecule has 1 aliphatic rings. The molecule has 132 valence electrons. The van der Waals surface area contributed by atoms with Crippen LogP contribution in [0.2, 0.25) is 0 Å². The van der Waals surface area contributed by atoms with Gasteiger partial charge in [0.25, 0.3) is 5.69 Å². The Morgan fingerprint density at radius 2 is 1.83 bits per heavy atom. The van der Waals surface area contributed by atoms with Crippen molar-refractivity contribution in [1.82, 2.24) is 0 Å². The Hall–Kier alpha value is -1.90. The highest BCUT2D eigenvalue weighted by atomic mass is 32.1. The first kappa shape index (κ1) is 18.4. The van der Waals surface area contributed by atoms with Crippen molar-refractivity contribution in [3.8, 4) is 5.75 Å². The van der Waals surface area contributed by atoms with Gasteiger partial charge in [0.1, 0.15) is 11.3 Å². The van der Waals surface area contributed by atoms with Crippen LogP contribution in [-0.2, 0) is 10.9 Å².